The van der Waals surface area contributed by atoms with E-state index in [1.807, 2.05) is 0 Å². The van der Waals surface area contributed by atoms with Crippen LogP contribution in [0.3, 0.4) is 0 Å². The van der Waals surface area contributed by atoms with Crippen molar-refractivity contribution in [2.24, 2.45) is 5.41 Å². The second kappa shape index (κ2) is 22.6. The van der Waals surface area contributed by atoms with Crippen molar-refractivity contribution in [3.63, 3.8) is 0 Å². The van der Waals surface area contributed by atoms with Crippen LogP contribution in [0.2, 0.25) is 0 Å². The molecular weight excluding hydrogens is 336 g/mol. The van der Waals surface area contributed by atoms with Gasteiger partial charge in [0.25, 0.3) is 0 Å². The first-order valence-electron chi connectivity index (χ1n) is 8.62. The van der Waals surface area contributed by atoms with Crippen molar-refractivity contribution in [3.8, 4) is 0 Å². The van der Waals surface area contributed by atoms with E-state index in [2.05, 4.69) is 47.4 Å². The van der Waals surface area contributed by atoms with Crippen LogP contribution in [0.5, 0.6) is 0 Å². The third-order valence-corrected chi connectivity index (χ3v) is 3.83. The Hall–Kier alpha value is -2.37. The number of carboxylic acid groups (broad SMARTS) is 3. The molecule has 0 heterocycles. The number of rotatable bonds is 9. The minimum absolute atomic E-state index is 0.677. The fourth-order valence-electron chi connectivity index (χ4n) is 1.83. The molecule has 0 aliphatic heterocycles. The van der Waals surface area contributed by atoms with E-state index in [1.165, 1.54) is 38.5 Å². The van der Waals surface area contributed by atoms with Crippen molar-refractivity contribution in [1.82, 2.24) is 0 Å². The highest BCUT2D eigenvalue weighted by atomic mass is 16.4. The summed E-state index contributed by atoms with van der Waals surface area (Å²) in [5, 5.41) is 22.8. The van der Waals surface area contributed by atoms with E-state index in [0.29, 0.717) is 5.41 Å². The van der Waals surface area contributed by atoms with Gasteiger partial charge in [0, 0.05) is 18.2 Å². The van der Waals surface area contributed by atoms with E-state index in [0.717, 1.165) is 18.2 Å². The molecule has 0 atom stereocenters. The van der Waals surface area contributed by atoms with Crippen molar-refractivity contribution in [2.75, 3.05) is 0 Å². The zero-order valence-electron chi connectivity index (χ0n) is 16.7. The zero-order valence-corrected chi connectivity index (χ0v) is 16.7. The van der Waals surface area contributed by atoms with Gasteiger partial charge in [-0.05, 0) is 11.8 Å². The number of aliphatic carboxylic acids is 3. The molecule has 0 bridgehead atoms. The number of carboxylic acids is 3. The number of hydrogen-bond donors (Lipinski definition) is 3. The van der Waals surface area contributed by atoms with Gasteiger partial charge in [-0.2, -0.15) is 0 Å². The lowest BCUT2D eigenvalue weighted by molar-refractivity contribution is -0.132. The number of unbranched alkanes of at least 4 members (excludes halogenated alkanes) is 1. The van der Waals surface area contributed by atoms with Crippen LogP contribution in [0.15, 0.2) is 38.0 Å². The molecule has 0 aromatic rings. The molecule has 0 amide bonds. The summed E-state index contributed by atoms with van der Waals surface area (Å²) in [4.78, 5) is 27.8. The van der Waals surface area contributed by atoms with Crippen molar-refractivity contribution < 1.29 is 29.7 Å². The summed E-state index contributed by atoms with van der Waals surface area (Å²) in [6.45, 7) is 18.2. The van der Waals surface area contributed by atoms with Crippen LogP contribution in [0.1, 0.15) is 66.2 Å². The van der Waals surface area contributed by atoms with E-state index in [9.17, 15) is 14.4 Å². The van der Waals surface area contributed by atoms with Gasteiger partial charge in [0.05, 0.1) is 0 Å². The Bertz CT molecular complexity index is 357. The maximum atomic E-state index is 9.25. The summed E-state index contributed by atoms with van der Waals surface area (Å²) < 4.78 is 0. The Kier molecular flexibility index (Phi) is 27.3. The van der Waals surface area contributed by atoms with Crippen LogP contribution < -0.4 is 0 Å². The second-order valence-electron chi connectivity index (χ2n) is 5.29. The van der Waals surface area contributed by atoms with E-state index < -0.39 is 17.9 Å². The van der Waals surface area contributed by atoms with E-state index in [4.69, 9.17) is 15.3 Å². The first-order chi connectivity index (χ1) is 12.1. The highest BCUT2D eigenvalue weighted by Gasteiger charge is 2.22. The molecule has 6 heteroatoms. The smallest absolute Gasteiger partial charge is 0.327 e. The SMILES string of the molecule is C=CC(=O)O.C=CC(=O)O.C=CC(=O)O.CCCCC(CC)(CC)CC. The number of carbonyl (C=O) groups is 3. The van der Waals surface area contributed by atoms with Crippen molar-refractivity contribution in [3.05, 3.63) is 38.0 Å². The quantitative estimate of drug-likeness (QED) is 0.482. The Morgan fingerprint density at radius 3 is 1.08 bits per heavy atom. The Morgan fingerprint density at radius 2 is 0.962 bits per heavy atom. The molecule has 0 fully saturated rings. The van der Waals surface area contributed by atoms with Crippen LogP contribution in [-0.4, -0.2) is 33.2 Å². The van der Waals surface area contributed by atoms with Crippen LogP contribution in [0.4, 0.5) is 0 Å². The van der Waals surface area contributed by atoms with Crippen LogP contribution >= 0.6 is 0 Å². The Balaban J connectivity index is -0.000000136. The minimum atomic E-state index is -0.981. The molecule has 0 rings (SSSR count). The highest BCUT2D eigenvalue weighted by Crippen LogP contribution is 2.35. The van der Waals surface area contributed by atoms with E-state index in [1.54, 1.807) is 0 Å². The fourth-order valence-corrected chi connectivity index (χ4v) is 1.83. The maximum absolute atomic E-state index is 9.25. The molecule has 6 nitrogen and oxygen atoms in total. The van der Waals surface area contributed by atoms with Crippen molar-refractivity contribution in [1.29, 1.82) is 0 Å². The van der Waals surface area contributed by atoms with Gasteiger partial charge in [0.1, 0.15) is 0 Å². The lowest BCUT2D eigenvalue weighted by Gasteiger charge is -2.30. The first-order valence-corrected chi connectivity index (χ1v) is 8.62. The first kappa shape index (κ1) is 31.4. The Labute approximate surface area is 157 Å². The molecule has 0 aliphatic rings. The van der Waals surface area contributed by atoms with Crippen LogP contribution in [0.25, 0.3) is 0 Å². The van der Waals surface area contributed by atoms with Crippen LogP contribution in [0, 0.1) is 5.41 Å². The molecule has 0 radical (unpaired) electrons. The van der Waals surface area contributed by atoms with Gasteiger partial charge in [-0.3, -0.25) is 0 Å². The van der Waals surface area contributed by atoms with Gasteiger partial charge < -0.3 is 15.3 Å². The molecule has 0 aromatic carbocycles. The van der Waals surface area contributed by atoms with E-state index >= 15 is 0 Å². The lowest BCUT2D eigenvalue weighted by Crippen LogP contribution is -2.17. The molecule has 3 N–H and O–H groups in total. The van der Waals surface area contributed by atoms with Crippen molar-refractivity contribution in [2.45, 2.75) is 66.2 Å². The van der Waals surface area contributed by atoms with Gasteiger partial charge >= 0.3 is 17.9 Å². The third-order valence-electron chi connectivity index (χ3n) is 3.83. The largest absolute Gasteiger partial charge is 0.478 e. The Morgan fingerprint density at radius 1 is 0.731 bits per heavy atom. The predicted molar refractivity (Wildman–Crippen MR) is 106 cm³/mol. The highest BCUT2D eigenvalue weighted by molar-refractivity contribution is 5.79. The topological polar surface area (TPSA) is 112 Å². The summed E-state index contributed by atoms with van der Waals surface area (Å²) >= 11 is 0. The standard InChI is InChI=1S/C11H24.3C3H4O2/c1-5-9-10-11(6-2,7-3)8-4;3*1-2-3(4)5/h5-10H2,1-4H3;3*2H,1H2,(H,4,5). The maximum Gasteiger partial charge on any atom is 0.327 e. The van der Waals surface area contributed by atoms with Gasteiger partial charge in [0.15, 0.2) is 0 Å². The molecule has 0 spiro atoms. The summed E-state index contributed by atoms with van der Waals surface area (Å²) in [7, 11) is 0. The van der Waals surface area contributed by atoms with Gasteiger partial charge in [-0.1, -0.05) is 79.5 Å². The second-order valence-corrected chi connectivity index (χ2v) is 5.29. The third kappa shape index (κ3) is 29.6. The normalized spacial score (nSPS) is 8.77. The monoisotopic (exact) mass is 372 g/mol. The molecule has 0 saturated carbocycles. The zero-order chi connectivity index (χ0) is 21.6. The molecule has 0 aliphatic carbocycles. The fraction of sp³-hybridized carbons (Fsp3) is 0.550. The van der Waals surface area contributed by atoms with Gasteiger partial charge in [0.2, 0.25) is 0 Å². The van der Waals surface area contributed by atoms with Gasteiger partial charge in [-0.15, -0.1) is 0 Å². The summed E-state index contributed by atoms with van der Waals surface area (Å²) in [5.74, 6) is -2.94. The molecule has 0 saturated heterocycles. The average Bonchev–Trinajstić information content (AvgIpc) is 2.64. The van der Waals surface area contributed by atoms with Crippen molar-refractivity contribution >= 4 is 17.9 Å². The summed E-state index contributed by atoms with van der Waals surface area (Å²) in [6.07, 6.45) is 10.8. The average molecular weight is 373 g/mol. The lowest BCUT2D eigenvalue weighted by atomic mass is 9.76. The minimum Gasteiger partial charge on any atom is -0.478 e. The predicted octanol–water partition coefficient (Wildman–Crippen LogP) is 5.16. The van der Waals surface area contributed by atoms with Crippen LogP contribution in [-0.2, 0) is 14.4 Å². The number of hydrogen-bond acceptors (Lipinski definition) is 3. The molecule has 0 unspecified atom stereocenters. The molecule has 26 heavy (non-hydrogen) atoms. The van der Waals surface area contributed by atoms with E-state index in [-0.39, 0.29) is 0 Å². The summed E-state index contributed by atoms with van der Waals surface area (Å²) in [5.41, 5.74) is 0.677. The molecule has 0 aromatic heterocycles. The molecular formula is C20H36O6. The summed E-state index contributed by atoms with van der Waals surface area (Å²) in [6, 6.07) is 0. The van der Waals surface area contributed by atoms with Gasteiger partial charge in [-0.25, -0.2) is 14.4 Å². The molecule has 152 valence electrons.